The molecule has 3 N–H and O–H groups in total. The van der Waals surface area contributed by atoms with Crippen molar-refractivity contribution in [3.8, 4) is 17.4 Å². The number of methoxy groups -OCH3 is 1. The average molecular weight is 275 g/mol. The van der Waals surface area contributed by atoms with Crippen molar-refractivity contribution < 1.29 is 4.74 Å². The van der Waals surface area contributed by atoms with Crippen LogP contribution in [0.25, 0.3) is 22.7 Å². The molecule has 3 aromatic rings. The Hall–Kier alpha value is -1.99. The lowest BCUT2D eigenvalue weighted by atomic mass is 10.4. The zero-order valence-corrected chi connectivity index (χ0v) is 11.2. The van der Waals surface area contributed by atoms with E-state index in [0.717, 1.165) is 28.5 Å². The highest BCUT2D eigenvalue weighted by molar-refractivity contribution is 7.09. The standard InChI is InChI=1S/C12H13N5OS/c1-18-9-3-2-7-11(16-9)17-12(15-7)8-6-19-10(14-8)4-5-13/h2-3,6H,4-5,13H2,1H3,(H,15,16,17). The summed E-state index contributed by atoms with van der Waals surface area (Å²) in [4.78, 5) is 16.4. The van der Waals surface area contributed by atoms with E-state index in [4.69, 9.17) is 10.5 Å². The zero-order chi connectivity index (χ0) is 13.2. The van der Waals surface area contributed by atoms with Crippen LogP contribution in [-0.2, 0) is 6.42 Å². The number of hydrogen-bond donors (Lipinski definition) is 2. The summed E-state index contributed by atoms with van der Waals surface area (Å²) in [7, 11) is 1.58. The van der Waals surface area contributed by atoms with Crippen LogP contribution < -0.4 is 10.5 Å². The van der Waals surface area contributed by atoms with Gasteiger partial charge in [0.05, 0.1) is 17.6 Å². The first-order chi connectivity index (χ1) is 9.30. The summed E-state index contributed by atoms with van der Waals surface area (Å²) >= 11 is 1.59. The molecule has 0 spiro atoms. The number of thiazole rings is 1. The first kappa shape index (κ1) is 12.1. The molecule has 0 aliphatic heterocycles. The molecule has 0 amide bonds. The third-order valence-electron chi connectivity index (χ3n) is 2.68. The van der Waals surface area contributed by atoms with E-state index in [-0.39, 0.29) is 0 Å². The van der Waals surface area contributed by atoms with Crippen LogP contribution in [0.5, 0.6) is 5.88 Å². The van der Waals surface area contributed by atoms with Crippen molar-refractivity contribution in [1.82, 2.24) is 19.9 Å². The summed E-state index contributed by atoms with van der Waals surface area (Å²) in [5, 5.41) is 2.99. The van der Waals surface area contributed by atoms with E-state index in [9.17, 15) is 0 Å². The maximum Gasteiger partial charge on any atom is 0.215 e. The molecule has 3 rings (SSSR count). The van der Waals surface area contributed by atoms with Crippen LogP contribution in [0.1, 0.15) is 5.01 Å². The third kappa shape index (κ3) is 2.29. The van der Waals surface area contributed by atoms with E-state index >= 15 is 0 Å². The fourth-order valence-corrected chi connectivity index (χ4v) is 2.57. The van der Waals surface area contributed by atoms with Gasteiger partial charge in [-0.05, 0) is 12.6 Å². The van der Waals surface area contributed by atoms with Gasteiger partial charge in [-0.15, -0.1) is 11.3 Å². The fraction of sp³-hybridized carbons (Fsp3) is 0.250. The lowest BCUT2D eigenvalue weighted by Gasteiger charge is -1.95. The Bertz CT molecular complexity index is 705. The van der Waals surface area contributed by atoms with Crippen molar-refractivity contribution in [2.24, 2.45) is 5.73 Å². The van der Waals surface area contributed by atoms with Crippen molar-refractivity contribution in [3.63, 3.8) is 0 Å². The van der Waals surface area contributed by atoms with E-state index in [1.165, 1.54) is 0 Å². The quantitative estimate of drug-likeness (QED) is 0.754. The van der Waals surface area contributed by atoms with Gasteiger partial charge >= 0.3 is 0 Å². The monoisotopic (exact) mass is 275 g/mol. The zero-order valence-electron chi connectivity index (χ0n) is 10.4. The number of H-pyrrole nitrogens is 1. The van der Waals surface area contributed by atoms with Crippen LogP contribution in [-0.4, -0.2) is 33.6 Å². The summed E-state index contributed by atoms with van der Waals surface area (Å²) in [6.07, 6.45) is 0.789. The summed E-state index contributed by atoms with van der Waals surface area (Å²) < 4.78 is 5.08. The number of nitrogens with two attached hydrogens (primary N) is 1. The van der Waals surface area contributed by atoms with E-state index < -0.39 is 0 Å². The number of ether oxygens (including phenoxy) is 1. The van der Waals surface area contributed by atoms with E-state index in [0.29, 0.717) is 18.1 Å². The second-order valence-corrected chi connectivity index (χ2v) is 4.92. The Morgan fingerprint density at radius 2 is 2.21 bits per heavy atom. The molecule has 6 nitrogen and oxygen atoms in total. The van der Waals surface area contributed by atoms with Gasteiger partial charge in [-0.1, -0.05) is 0 Å². The van der Waals surface area contributed by atoms with Crippen molar-refractivity contribution in [3.05, 3.63) is 22.5 Å². The second kappa shape index (κ2) is 4.94. The molecule has 0 unspecified atom stereocenters. The Labute approximate surface area is 113 Å². The minimum Gasteiger partial charge on any atom is -0.481 e. The van der Waals surface area contributed by atoms with Crippen molar-refractivity contribution in [2.45, 2.75) is 6.42 Å². The first-order valence-corrected chi connectivity index (χ1v) is 6.73. The molecular formula is C12H13N5OS. The topological polar surface area (TPSA) is 89.7 Å². The number of nitrogens with zero attached hydrogens (tertiary/aromatic N) is 3. The number of nitrogens with one attached hydrogen (secondary N) is 1. The van der Waals surface area contributed by atoms with E-state index in [1.807, 2.05) is 11.4 Å². The number of aromatic nitrogens is 4. The SMILES string of the molecule is COc1ccc2[nH]c(-c3csc(CCN)n3)nc2n1. The van der Waals surface area contributed by atoms with Gasteiger partial charge < -0.3 is 15.5 Å². The van der Waals surface area contributed by atoms with Gasteiger partial charge in [-0.25, -0.2) is 9.97 Å². The van der Waals surface area contributed by atoms with E-state index in [1.54, 1.807) is 24.5 Å². The molecule has 19 heavy (non-hydrogen) atoms. The summed E-state index contributed by atoms with van der Waals surface area (Å²) in [6.45, 7) is 0.603. The first-order valence-electron chi connectivity index (χ1n) is 5.86. The molecule has 0 saturated heterocycles. The molecule has 3 aromatic heterocycles. The molecule has 0 radical (unpaired) electrons. The van der Waals surface area contributed by atoms with Crippen LogP contribution in [0, 0.1) is 0 Å². The fourth-order valence-electron chi connectivity index (χ4n) is 1.77. The van der Waals surface area contributed by atoms with Crippen LogP contribution in [0.3, 0.4) is 0 Å². The number of hydrogen-bond acceptors (Lipinski definition) is 6. The summed E-state index contributed by atoms with van der Waals surface area (Å²) in [6, 6.07) is 3.69. The average Bonchev–Trinajstić information content (AvgIpc) is 3.03. The normalized spacial score (nSPS) is 11.1. The van der Waals surface area contributed by atoms with Crippen LogP contribution in [0.2, 0.25) is 0 Å². The summed E-state index contributed by atoms with van der Waals surface area (Å²) in [5.41, 5.74) is 7.84. The predicted molar refractivity (Wildman–Crippen MR) is 74.3 cm³/mol. The van der Waals surface area contributed by atoms with Crippen molar-refractivity contribution in [1.29, 1.82) is 0 Å². The molecule has 98 valence electrons. The Morgan fingerprint density at radius 1 is 1.32 bits per heavy atom. The van der Waals surface area contributed by atoms with Crippen LogP contribution >= 0.6 is 11.3 Å². The summed E-state index contributed by atoms with van der Waals surface area (Å²) in [5.74, 6) is 1.27. The maximum atomic E-state index is 5.52. The van der Waals surface area contributed by atoms with Gasteiger partial charge in [0, 0.05) is 17.9 Å². The Morgan fingerprint density at radius 3 is 3.00 bits per heavy atom. The number of rotatable bonds is 4. The molecule has 7 heteroatoms. The Kier molecular flexibility index (Phi) is 3.14. The largest absolute Gasteiger partial charge is 0.481 e. The number of fused-ring (bicyclic) bond motifs is 1. The molecule has 0 atom stereocenters. The second-order valence-electron chi connectivity index (χ2n) is 3.98. The van der Waals surface area contributed by atoms with Crippen LogP contribution in [0.15, 0.2) is 17.5 Å². The molecule has 0 aromatic carbocycles. The number of imidazole rings is 1. The molecule has 0 fully saturated rings. The molecular weight excluding hydrogens is 262 g/mol. The highest BCUT2D eigenvalue weighted by Gasteiger charge is 2.10. The van der Waals surface area contributed by atoms with Crippen molar-refractivity contribution >= 4 is 22.5 Å². The number of pyridine rings is 1. The third-order valence-corrected chi connectivity index (χ3v) is 3.59. The maximum absolute atomic E-state index is 5.52. The minimum atomic E-state index is 0.549. The lowest BCUT2D eigenvalue weighted by molar-refractivity contribution is 0.399. The molecule has 0 saturated carbocycles. The number of aromatic amines is 1. The van der Waals surface area contributed by atoms with Gasteiger partial charge in [0.2, 0.25) is 5.88 Å². The highest BCUT2D eigenvalue weighted by atomic mass is 32.1. The molecule has 3 heterocycles. The molecule has 0 aliphatic rings. The molecule has 0 aliphatic carbocycles. The predicted octanol–water partition coefficient (Wildman–Crippen LogP) is 1.59. The van der Waals surface area contributed by atoms with Crippen molar-refractivity contribution in [2.75, 3.05) is 13.7 Å². The van der Waals surface area contributed by atoms with Gasteiger partial charge in [-0.3, -0.25) is 0 Å². The van der Waals surface area contributed by atoms with Gasteiger partial charge in [-0.2, -0.15) is 4.98 Å². The Balaban J connectivity index is 1.99. The minimum absolute atomic E-state index is 0.549. The smallest absolute Gasteiger partial charge is 0.215 e. The lowest BCUT2D eigenvalue weighted by Crippen LogP contribution is -2.02. The van der Waals surface area contributed by atoms with Gasteiger partial charge in [0.25, 0.3) is 0 Å². The van der Waals surface area contributed by atoms with Gasteiger partial charge in [0.1, 0.15) is 5.69 Å². The van der Waals surface area contributed by atoms with Crippen LogP contribution in [0.4, 0.5) is 0 Å². The highest BCUT2D eigenvalue weighted by Crippen LogP contribution is 2.22. The van der Waals surface area contributed by atoms with E-state index in [2.05, 4.69) is 19.9 Å². The van der Waals surface area contributed by atoms with Gasteiger partial charge in [0.15, 0.2) is 11.5 Å². The molecule has 0 bridgehead atoms.